The fourth-order valence-corrected chi connectivity index (χ4v) is 4.04. The number of anilines is 1. The molecule has 0 spiro atoms. The van der Waals surface area contributed by atoms with E-state index in [0.717, 1.165) is 47.8 Å². The van der Waals surface area contributed by atoms with Gasteiger partial charge in [-0.15, -0.1) is 0 Å². The molecule has 2 heterocycles. The van der Waals surface area contributed by atoms with Crippen LogP contribution in [0.3, 0.4) is 0 Å². The Morgan fingerprint density at radius 3 is 2.76 bits per heavy atom. The highest BCUT2D eigenvalue weighted by molar-refractivity contribution is 5.95. The van der Waals surface area contributed by atoms with Crippen molar-refractivity contribution in [3.05, 3.63) is 53.5 Å². The monoisotopic (exact) mass is 385 g/mol. The number of nitrogens with one attached hydrogen (secondary N) is 1. The van der Waals surface area contributed by atoms with Gasteiger partial charge in [-0.25, -0.2) is 9.97 Å². The van der Waals surface area contributed by atoms with Gasteiger partial charge in [0.25, 0.3) is 5.91 Å². The second kappa shape index (κ2) is 7.25. The second-order valence-corrected chi connectivity index (χ2v) is 7.92. The number of nitrogens with zero attached hydrogens (tertiary/aromatic N) is 3. The topological polar surface area (TPSA) is 85.8 Å². The molecule has 0 bridgehead atoms. The first-order valence-corrected chi connectivity index (χ1v) is 10.2. The van der Waals surface area contributed by atoms with E-state index in [1.165, 1.54) is 19.2 Å². The molecule has 0 radical (unpaired) electrons. The van der Waals surface area contributed by atoms with Crippen molar-refractivity contribution in [2.45, 2.75) is 50.6 Å². The summed E-state index contributed by atoms with van der Waals surface area (Å²) in [5.74, 6) is 6.86. The summed E-state index contributed by atoms with van der Waals surface area (Å²) >= 11 is 0. The van der Waals surface area contributed by atoms with Gasteiger partial charge in [0, 0.05) is 29.4 Å². The summed E-state index contributed by atoms with van der Waals surface area (Å²) in [5.41, 5.74) is 9.29. The number of rotatable bonds is 3. The molecule has 3 N–H and O–H groups in total. The zero-order chi connectivity index (χ0) is 19.8. The predicted octanol–water partition coefficient (Wildman–Crippen LogP) is 3.42. The number of benzene rings is 1. The number of hydrogen-bond donors (Lipinski definition) is 2. The summed E-state index contributed by atoms with van der Waals surface area (Å²) < 4.78 is 2.21. The van der Waals surface area contributed by atoms with Crippen LogP contribution in [-0.2, 0) is 0 Å². The van der Waals surface area contributed by atoms with E-state index in [2.05, 4.69) is 37.9 Å². The van der Waals surface area contributed by atoms with Crippen LogP contribution in [0.5, 0.6) is 0 Å². The maximum atomic E-state index is 12.3. The molecular formula is C23H23N5O. The molecule has 2 fully saturated rings. The Balaban J connectivity index is 1.50. The Hall–Kier alpha value is -3.33. The summed E-state index contributed by atoms with van der Waals surface area (Å²) in [6.45, 7) is 0. The molecule has 2 aliphatic carbocycles. The Morgan fingerprint density at radius 2 is 1.97 bits per heavy atom. The second-order valence-electron chi connectivity index (χ2n) is 7.92. The minimum absolute atomic E-state index is 0.0355. The summed E-state index contributed by atoms with van der Waals surface area (Å²) in [5, 5.41) is 3.83. The van der Waals surface area contributed by atoms with E-state index in [1.807, 2.05) is 24.3 Å². The van der Waals surface area contributed by atoms with Gasteiger partial charge in [0.05, 0.1) is 10.9 Å². The molecule has 1 aromatic carbocycles. The maximum absolute atomic E-state index is 12.3. The largest absolute Gasteiger partial charge is 0.383 e. The molecule has 2 aliphatic rings. The van der Waals surface area contributed by atoms with E-state index in [0.29, 0.717) is 23.5 Å². The first kappa shape index (κ1) is 17.7. The van der Waals surface area contributed by atoms with Gasteiger partial charge < -0.3 is 15.6 Å². The minimum atomic E-state index is -0.0355. The highest BCUT2D eigenvalue weighted by Gasteiger charge is 2.24. The van der Waals surface area contributed by atoms with Gasteiger partial charge in [0.15, 0.2) is 0 Å². The zero-order valence-electron chi connectivity index (χ0n) is 16.2. The lowest BCUT2D eigenvalue weighted by molar-refractivity contribution is 0.0951. The fourth-order valence-electron chi connectivity index (χ4n) is 4.04. The van der Waals surface area contributed by atoms with Crippen molar-refractivity contribution < 1.29 is 4.79 Å². The van der Waals surface area contributed by atoms with Crippen molar-refractivity contribution in [1.29, 1.82) is 0 Å². The number of amides is 1. The van der Waals surface area contributed by atoms with Crippen LogP contribution in [0.25, 0.3) is 11.0 Å². The van der Waals surface area contributed by atoms with Crippen LogP contribution in [0.1, 0.15) is 66.1 Å². The maximum Gasteiger partial charge on any atom is 0.251 e. The molecule has 5 rings (SSSR count). The molecule has 0 aliphatic heterocycles. The van der Waals surface area contributed by atoms with Crippen LogP contribution in [0.15, 0.2) is 36.8 Å². The molecule has 29 heavy (non-hydrogen) atoms. The Kier molecular flexibility index (Phi) is 4.44. The molecule has 0 saturated heterocycles. The van der Waals surface area contributed by atoms with Gasteiger partial charge in [-0.3, -0.25) is 4.79 Å². The third kappa shape index (κ3) is 3.56. The summed E-state index contributed by atoms with van der Waals surface area (Å²) in [4.78, 5) is 20.9. The Labute approximate surface area is 169 Å². The number of nitrogen functional groups attached to an aromatic ring is 1. The van der Waals surface area contributed by atoms with Crippen LogP contribution in [0, 0.1) is 11.8 Å². The molecule has 146 valence electrons. The van der Waals surface area contributed by atoms with E-state index in [9.17, 15) is 4.79 Å². The first-order valence-electron chi connectivity index (χ1n) is 10.2. The van der Waals surface area contributed by atoms with Gasteiger partial charge in [-0.05, 0) is 43.9 Å². The van der Waals surface area contributed by atoms with Crippen molar-refractivity contribution in [2.75, 3.05) is 5.73 Å². The summed E-state index contributed by atoms with van der Waals surface area (Å²) in [7, 11) is 0. The van der Waals surface area contributed by atoms with Crippen molar-refractivity contribution in [2.24, 2.45) is 0 Å². The van der Waals surface area contributed by atoms with E-state index in [-0.39, 0.29) is 5.91 Å². The van der Waals surface area contributed by atoms with Gasteiger partial charge >= 0.3 is 0 Å². The molecule has 3 aromatic rings. The van der Waals surface area contributed by atoms with Crippen LogP contribution < -0.4 is 11.1 Å². The van der Waals surface area contributed by atoms with Crippen molar-refractivity contribution in [3.63, 3.8) is 0 Å². The fraction of sp³-hybridized carbons (Fsp3) is 0.348. The molecule has 0 unspecified atom stereocenters. The lowest BCUT2D eigenvalue weighted by Crippen LogP contribution is -2.25. The molecule has 2 saturated carbocycles. The van der Waals surface area contributed by atoms with Gasteiger partial charge in [0.1, 0.15) is 17.8 Å². The minimum Gasteiger partial charge on any atom is -0.383 e. The number of carbonyl (C=O) groups excluding carboxylic acids is 1. The summed E-state index contributed by atoms with van der Waals surface area (Å²) in [6, 6.07) is 8.21. The van der Waals surface area contributed by atoms with Crippen LogP contribution in [0.2, 0.25) is 0 Å². The van der Waals surface area contributed by atoms with Crippen molar-refractivity contribution in [3.8, 4) is 11.8 Å². The Bertz CT molecular complexity index is 1140. The number of fused-ring (bicyclic) bond motifs is 1. The van der Waals surface area contributed by atoms with Gasteiger partial charge in [-0.1, -0.05) is 30.7 Å². The number of nitrogens with two attached hydrogens (primary N) is 1. The molecule has 1 amide bonds. The average Bonchev–Trinajstić information content (AvgIpc) is 3.24. The van der Waals surface area contributed by atoms with E-state index in [4.69, 9.17) is 5.73 Å². The number of hydrogen-bond acceptors (Lipinski definition) is 4. The third-order valence-corrected chi connectivity index (χ3v) is 5.74. The summed E-state index contributed by atoms with van der Waals surface area (Å²) in [6.07, 6.45) is 10.5. The third-order valence-electron chi connectivity index (χ3n) is 5.74. The molecule has 2 aromatic heterocycles. The molecule has 0 atom stereocenters. The molecule has 6 nitrogen and oxygen atoms in total. The standard InChI is InChI=1S/C23H23N5O/c24-21-20-17(13-28(19-6-1-2-7-19)22(20)26-14-25-21)9-8-15-4-3-5-16(12-15)23(29)27-18-10-11-18/h3-5,12-14,18-19H,1-2,6-7,10-11H2,(H,27,29)(H2,24,25,26). The highest BCUT2D eigenvalue weighted by Crippen LogP contribution is 2.34. The number of aromatic nitrogens is 3. The zero-order valence-corrected chi connectivity index (χ0v) is 16.2. The SMILES string of the molecule is Nc1ncnc2c1c(C#Cc1cccc(C(=O)NC3CC3)c1)cn2C1CCCC1. The predicted molar refractivity (Wildman–Crippen MR) is 112 cm³/mol. The quantitative estimate of drug-likeness (QED) is 0.677. The van der Waals surface area contributed by atoms with Crippen LogP contribution in [-0.4, -0.2) is 26.5 Å². The normalized spacial score (nSPS) is 16.6. The van der Waals surface area contributed by atoms with Crippen LogP contribution >= 0.6 is 0 Å². The number of carbonyl (C=O) groups is 1. The van der Waals surface area contributed by atoms with Gasteiger partial charge in [0.2, 0.25) is 0 Å². The highest BCUT2D eigenvalue weighted by atomic mass is 16.1. The van der Waals surface area contributed by atoms with Gasteiger partial charge in [-0.2, -0.15) is 0 Å². The van der Waals surface area contributed by atoms with Crippen LogP contribution in [0.4, 0.5) is 5.82 Å². The first-order chi connectivity index (χ1) is 14.2. The van der Waals surface area contributed by atoms with E-state index < -0.39 is 0 Å². The molecule has 6 heteroatoms. The molecular weight excluding hydrogens is 362 g/mol. The smallest absolute Gasteiger partial charge is 0.251 e. The van der Waals surface area contributed by atoms with E-state index >= 15 is 0 Å². The van der Waals surface area contributed by atoms with Crippen molar-refractivity contribution in [1.82, 2.24) is 19.9 Å². The lowest BCUT2D eigenvalue weighted by atomic mass is 10.1. The van der Waals surface area contributed by atoms with E-state index in [1.54, 1.807) is 0 Å². The Morgan fingerprint density at radius 1 is 1.14 bits per heavy atom. The average molecular weight is 385 g/mol. The lowest BCUT2D eigenvalue weighted by Gasteiger charge is -2.12. The van der Waals surface area contributed by atoms with Crippen molar-refractivity contribution >= 4 is 22.8 Å².